The van der Waals surface area contributed by atoms with Crippen molar-refractivity contribution in [1.29, 1.82) is 5.26 Å². The Morgan fingerprint density at radius 2 is 2.20 bits per heavy atom. The van der Waals surface area contributed by atoms with E-state index in [1.165, 1.54) is 0 Å². The molecule has 0 bridgehead atoms. The molecule has 10 heavy (non-hydrogen) atoms. The van der Waals surface area contributed by atoms with Gasteiger partial charge in [0.05, 0.1) is 6.07 Å². The Hall–Kier alpha value is -0.260. The van der Waals surface area contributed by atoms with E-state index in [1.807, 2.05) is 19.0 Å². The van der Waals surface area contributed by atoms with Gasteiger partial charge in [-0.05, 0) is 20.0 Å². The summed E-state index contributed by atoms with van der Waals surface area (Å²) in [4.78, 5) is 2.05. The fraction of sp³-hybridized carbons (Fsp3) is 0.857. The molecule has 0 amide bonds. The lowest BCUT2D eigenvalue weighted by Gasteiger charge is -2.15. The third kappa shape index (κ3) is 4.60. The zero-order chi connectivity index (χ0) is 7.98. The number of hydrogen-bond acceptors (Lipinski definition) is 2. The highest BCUT2D eigenvalue weighted by Gasteiger charge is 2.06. The summed E-state index contributed by atoms with van der Waals surface area (Å²) in [7, 11) is 3.97. The van der Waals surface area contributed by atoms with Gasteiger partial charge >= 0.3 is 0 Å². The summed E-state index contributed by atoms with van der Waals surface area (Å²) >= 11 is 5.61. The molecule has 0 heterocycles. The van der Waals surface area contributed by atoms with Crippen molar-refractivity contribution in [1.82, 2.24) is 4.90 Å². The van der Waals surface area contributed by atoms with E-state index in [9.17, 15) is 0 Å². The Kier molecular flexibility index (Phi) is 5.38. The molecular weight excluding hydrogens is 148 g/mol. The van der Waals surface area contributed by atoms with Crippen LogP contribution in [0.25, 0.3) is 0 Å². The molecular formula is C7H13ClN2. The number of halogens is 1. The first-order valence-electron chi connectivity index (χ1n) is 3.28. The van der Waals surface area contributed by atoms with Gasteiger partial charge in [0.25, 0.3) is 0 Å². The molecule has 2 nitrogen and oxygen atoms in total. The van der Waals surface area contributed by atoms with Gasteiger partial charge < -0.3 is 4.90 Å². The van der Waals surface area contributed by atoms with E-state index in [1.54, 1.807) is 0 Å². The summed E-state index contributed by atoms with van der Waals surface area (Å²) in [5.41, 5.74) is 0. The van der Waals surface area contributed by atoms with Crippen molar-refractivity contribution >= 4 is 11.6 Å². The Bertz CT molecular complexity index is 117. The molecule has 3 heteroatoms. The SMILES string of the molecule is CN(C)CC(CCl)CC#N. The van der Waals surface area contributed by atoms with Crippen molar-refractivity contribution in [3.05, 3.63) is 0 Å². The minimum absolute atomic E-state index is 0.321. The molecule has 0 rings (SSSR count). The number of alkyl halides is 1. The van der Waals surface area contributed by atoms with Gasteiger partial charge in [-0.15, -0.1) is 11.6 Å². The van der Waals surface area contributed by atoms with Crippen LogP contribution < -0.4 is 0 Å². The maximum absolute atomic E-state index is 8.35. The zero-order valence-corrected chi connectivity index (χ0v) is 7.23. The largest absolute Gasteiger partial charge is 0.309 e. The Balaban J connectivity index is 3.52. The van der Waals surface area contributed by atoms with Crippen LogP contribution in [0.5, 0.6) is 0 Å². The molecule has 1 unspecified atom stereocenters. The smallest absolute Gasteiger partial charge is 0.0625 e. The summed E-state index contributed by atoms with van der Waals surface area (Å²) in [6.45, 7) is 0.900. The first-order valence-corrected chi connectivity index (χ1v) is 3.81. The maximum Gasteiger partial charge on any atom is 0.0625 e. The summed E-state index contributed by atoms with van der Waals surface area (Å²) in [6, 6.07) is 2.11. The minimum atomic E-state index is 0.321. The number of nitriles is 1. The van der Waals surface area contributed by atoms with Crippen molar-refractivity contribution in [3.63, 3.8) is 0 Å². The van der Waals surface area contributed by atoms with Crippen LogP contribution in [0.3, 0.4) is 0 Å². The summed E-state index contributed by atoms with van der Waals surface area (Å²) in [5.74, 6) is 0.896. The third-order valence-corrected chi connectivity index (χ3v) is 1.66. The zero-order valence-electron chi connectivity index (χ0n) is 6.47. The van der Waals surface area contributed by atoms with E-state index >= 15 is 0 Å². The van der Waals surface area contributed by atoms with Gasteiger partial charge in [0.2, 0.25) is 0 Å². The average Bonchev–Trinajstić information content (AvgIpc) is 1.86. The van der Waals surface area contributed by atoms with Crippen molar-refractivity contribution < 1.29 is 0 Å². The van der Waals surface area contributed by atoms with Gasteiger partial charge in [-0.1, -0.05) is 0 Å². The molecule has 0 aliphatic heterocycles. The van der Waals surface area contributed by atoms with E-state index in [4.69, 9.17) is 16.9 Å². The molecule has 0 N–H and O–H groups in total. The lowest BCUT2D eigenvalue weighted by Crippen LogP contribution is -2.22. The summed E-state index contributed by atoms with van der Waals surface area (Å²) in [5, 5.41) is 8.35. The van der Waals surface area contributed by atoms with E-state index in [0.717, 1.165) is 6.54 Å². The molecule has 0 saturated carbocycles. The van der Waals surface area contributed by atoms with Crippen molar-refractivity contribution in [2.24, 2.45) is 5.92 Å². The van der Waals surface area contributed by atoms with Gasteiger partial charge in [0.15, 0.2) is 0 Å². The van der Waals surface area contributed by atoms with E-state index < -0.39 is 0 Å². The normalized spacial score (nSPS) is 13.1. The van der Waals surface area contributed by atoms with E-state index in [-0.39, 0.29) is 0 Å². The van der Waals surface area contributed by atoms with Crippen LogP contribution in [0.15, 0.2) is 0 Å². The summed E-state index contributed by atoms with van der Waals surface area (Å²) < 4.78 is 0. The lowest BCUT2D eigenvalue weighted by atomic mass is 10.1. The first kappa shape index (κ1) is 9.74. The molecule has 0 spiro atoms. The molecule has 0 radical (unpaired) electrons. The quantitative estimate of drug-likeness (QED) is 0.580. The van der Waals surface area contributed by atoms with Crippen LogP contribution in [-0.2, 0) is 0 Å². The summed E-state index contributed by atoms with van der Waals surface area (Å²) in [6.07, 6.45) is 0.557. The monoisotopic (exact) mass is 160 g/mol. The van der Waals surface area contributed by atoms with Gasteiger partial charge in [-0.2, -0.15) is 5.26 Å². The molecule has 0 aliphatic carbocycles. The van der Waals surface area contributed by atoms with Gasteiger partial charge in [0, 0.05) is 18.8 Å². The van der Waals surface area contributed by atoms with Crippen LogP contribution in [0.2, 0.25) is 0 Å². The fourth-order valence-electron chi connectivity index (χ4n) is 0.813. The van der Waals surface area contributed by atoms with Crippen LogP contribution in [0.4, 0.5) is 0 Å². The van der Waals surface area contributed by atoms with Gasteiger partial charge in [-0.25, -0.2) is 0 Å². The molecule has 0 saturated heterocycles. The Morgan fingerprint density at radius 1 is 1.60 bits per heavy atom. The third-order valence-electron chi connectivity index (χ3n) is 1.22. The van der Waals surface area contributed by atoms with Crippen molar-refractivity contribution in [3.8, 4) is 6.07 Å². The second-order valence-electron chi connectivity index (χ2n) is 2.64. The number of nitrogens with zero attached hydrogens (tertiary/aromatic N) is 2. The van der Waals surface area contributed by atoms with Gasteiger partial charge in [-0.3, -0.25) is 0 Å². The minimum Gasteiger partial charge on any atom is -0.309 e. The predicted octanol–water partition coefficient (Wildman–Crippen LogP) is 1.32. The van der Waals surface area contributed by atoms with Crippen LogP contribution in [0.1, 0.15) is 6.42 Å². The topological polar surface area (TPSA) is 27.0 Å². The van der Waals surface area contributed by atoms with E-state index in [2.05, 4.69) is 6.07 Å². The fourth-order valence-corrected chi connectivity index (χ4v) is 1.02. The van der Waals surface area contributed by atoms with Gasteiger partial charge in [0.1, 0.15) is 0 Å². The van der Waals surface area contributed by atoms with Crippen LogP contribution in [0, 0.1) is 17.2 Å². The lowest BCUT2D eigenvalue weighted by molar-refractivity contribution is 0.344. The van der Waals surface area contributed by atoms with E-state index in [0.29, 0.717) is 18.2 Å². The predicted molar refractivity (Wildman–Crippen MR) is 43.0 cm³/mol. The number of rotatable bonds is 4. The second kappa shape index (κ2) is 5.52. The van der Waals surface area contributed by atoms with Crippen LogP contribution in [-0.4, -0.2) is 31.4 Å². The molecule has 0 fully saturated rings. The van der Waals surface area contributed by atoms with Crippen LogP contribution >= 0.6 is 11.6 Å². The molecule has 0 aromatic heterocycles. The molecule has 0 aromatic rings. The Morgan fingerprint density at radius 3 is 2.50 bits per heavy atom. The molecule has 0 aromatic carbocycles. The highest BCUT2D eigenvalue weighted by molar-refractivity contribution is 6.18. The first-order chi connectivity index (χ1) is 4.70. The second-order valence-corrected chi connectivity index (χ2v) is 2.95. The molecule has 1 atom stereocenters. The highest BCUT2D eigenvalue weighted by Crippen LogP contribution is 2.04. The molecule has 0 aliphatic rings. The maximum atomic E-state index is 8.35. The number of hydrogen-bond donors (Lipinski definition) is 0. The van der Waals surface area contributed by atoms with Crippen molar-refractivity contribution in [2.45, 2.75) is 6.42 Å². The standard InChI is InChI=1S/C7H13ClN2/c1-10(2)6-7(5-8)3-4-9/h7H,3,5-6H2,1-2H3. The molecule has 58 valence electrons. The highest BCUT2D eigenvalue weighted by atomic mass is 35.5. The average molecular weight is 161 g/mol. The Labute approximate surface area is 67.4 Å². The van der Waals surface area contributed by atoms with Crippen molar-refractivity contribution in [2.75, 3.05) is 26.5 Å².